The number of nitrogens with two attached hydrogens (primary N) is 1. The third-order valence-electron chi connectivity index (χ3n) is 1.88. The summed E-state index contributed by atoms with van der Waals surface area (Å²) in [7, 11) is -3.04. The summed E-state index contributed by atoms with van der Waals surface area (Å²) in [4.78, 5) is 3.93. The minimum absolute atomic E-state index is 0. The molecule has 0 aliphatic heterocycles. The third-order valence-corrected chi connectivity index (χ3v) is 3.93. The summed E-state index contributed by atoms with van der Waals surface area (Å²) >= 11 is 0. The molecule has 2 N–H and O–H groups in total. The van der Waals surface area contributed by atoms with E-state index in [0.717, 1.165) is 5.56 Å². The van der Waals surface area contributed by atoms with E-state index in [0.29, 0.717) is 19.0 Å². The summed E-state index contributed by atoms with van der Waals surface area (Å²) in [6.45, 7) is 4.29. The molecule has 1 aromatic rings. The number of hydrogen-bond donors (Lipinski definition) is 1. The highest BCUT2D eigenvalue weighted by atomic mass is 31.2. The molecule has 92 valence electrons. The highest BCUT2D eigenvalue weighted by molar-refractivity contribution is 7.53. The number of rotatable bonds is 6. The van der Waals surface area contributed by atoms with Crippen molar-refractivity contribution < 1.29 is 15.0 Å². The van der Waals surface area contributed by atoms with E-state index < -0.39 is 7.60 Å². The van der Waals surface area contributed by atoms with Crippen LogP contribution in [0.15, 0.2) is 18.3 Å². The van der Waals surface area contributed by atoms with Crippen molar-refractivity contribution >= 4 is 13.4 Å². The van der Waals surface area contributed by atoms with Crippen molar-refractivity contribution in [2.75, 3.05) is 18.9 Å². The van der Waals surface area contributed by atoms with E-state index in [2.05, 4.69) is 4.98 Å². The molecule has 0 spiro atoms. The maximum atomic E-state index is 12.2. The van der Waals surface area contributed by atoms with Crippen LogP contribution >= 0.6 is 7.60 Å². The molecular weight excluding hydrogens is 227 g/mol. The van der Waals surface area contributed by atoms with E-state index in [9.17, 15) is 4.57 Å². The zero-order valence-electron chi connectivity index (χ0n) is 9.55. The lowest BCUT2D eigenvalue weighted by Crippen LogP contribution is -2.00. The van der Waals surface area contributed by atoms with Gasteiger partial charge < -0.3 is 14.8 Å². The zero-order chi connectivity index (χ0) is 12.0. The Morgan fingerprint density at radius 3 is 2.44 bits per heavy atom. The standard InChI is InChI=1S/C10H17N2O3P.H2/c1-3-14-16(13,15-4-2)8-9-5-6-10(11)12-7-9;/h5-7H,3-4,8H2,1-2H3,(H2,11,12);1H/i;1+1. The van der Waals surface area contributed by atoms with Gasteiger partial charge in [-0.25, -0.2) is 4.98 Å². The molecule has 0 amide bonds. The van der Waals surface area contributed by atoms with E-state index in [4.69, 9.17) is 14.8 Å². The van der Waals surface area contributed by atoms with Gasteiger partial charge in [0.05, 0.1) is 19.4 Å². The predicted molar refractivity (Wildman–Crippen MR) is 65.3 cm³/mol. The minimum atomic E-state index is -3.04. The molecule has 1 heterocycles. The average molecular weight is 247 g/mol. The van der Waals surface area contributed by atoms with Gasteiger partial charge in [-0.2, -0.15) is 0 Å². The van der Waals surface area contributed by atoms with Crippen molar-refractivity contribution in [3.05, 3.63) is 23.9 Å². The van der Waals surface area contributed by atoms with Gasteiger partial charge in [0.25, 0.3) is 0 Å². The number of pyridine rings is 1. The molecule has 1 aromatic heterocycles. The zero-order valence-corrected chi connectivity index (χ0v) is 10.4. The van der Waals surface area contributed by atoms with Gasteiger partial charge in [0.15, 0.2) is 0 Å². The number of aromatic nitrogens is 1. The van der Waals surface area contributed by atoms with Crippen LogP contribution in [0.5, 0.6) is 0 Å². The summed E-state index contributed by atoms with van der Waals surface area (Å²) in [5, 5.41) is 0. The van der Waals surface area contributed by atoms with E-state index >= 15 is 0 Å². The van der Waals surface area contributed by atoms with Gasteiger partial charge in [-0.3, -0.25) is 4.57 Å². The van der Waals surface area contributed by atoms with Crippen LogP contribution in [0, 0.1) is 0 Å². The molecule has 0 atom stereocenters. The second kappa shape index (κ2) is 5.99. The second-order valence-electron chi connectivity index (χ2n) is 3.20. The van der Waals surface area contributed by atoms with Crippen molar-refractivity contribution in [2.24, 2.45) is 0 Å². The Balaban J connectivity index is 0.00000256. The largest absolute Gasteiger partial charge is 0.384 e. The van der Waals surface area contributed by atoms with Crippen molar-refractivity contribution in [2.45, 2.75) is 20.0 Å². The normalized spacial score (nSPS) is 11.6. The minimum Gasteiger partial charge on any atom is -0.384 e. The van der Waals surface area contributed by atoms with Gasteiger partial charge in [0, 0.05) is 7.62 Å². The van der Waals surface area contributed by atoms with Gasteiger partial charge in [-0.1, -0.05) is 6.07 Å². The Labute approximate surface area is 97.0 Å². The highest BCUT2D eigenvalue weighted by Crippen LogP contribution is 2.51. The van der Waals surface area contributed by atoms with Crippen LogP contribution in [0.3, 0.4) is 0 Å². The maximum Gasteiger partial charge on any atom is 0.335 e. The molecule has 0 aliphatic rings. The lowest BCUT2D eigenvalue weighted by molar-refractivity contribution is 0.219. The SMILES string of the molecule is CCOP(=O)(Cc1ccc(N)nc1)OCC.[2HH]. The first-order valence-electron chi connectivity index (χ1n) is 5.18. The van der Waals surface area contributed by atoms with Crippen molar-refractivity contribution in [1.29, 1.82) is 0 Å². The first kappa shape index (κ1) is 13.2. The molecular formula is C10H19N2O3P. The Hall–Kier alpha value is -0.900. The lowest BCUT2D eigenvalue weighted by atomic mass is 10.3. The Kier molecular flexibility index (Phi) is 4.93. The molecule has 0 bridgehead atoms. The molecule has 0 aliphatic carbocycles. The van der Waals surface area contributed by atoms with Crippen LogP contribution in [0.2, 0.25) is 0 Å². The van der Waals surface area contributed by atoms with Gasteiger partial charge in [0.2, 0.25) is 0 Å². The van der Waals surface area contributed by atoms with Gasteiger partial charge in [-0.05, 0) is 25.5 Å². The van der Waals surface area contributed by atoms with E-state index in [-0.39, 0.29) is 7.59 Å². The first-order chi connectivity index (χ1) is 7.59. The summed E-state index contributed by atoms with van der Waals surface area (Å²) in [6.07, 6.45) is 1.81. The molecule has 5 nitrogen and oxygen atoms in total. The number of anilines is 1. The van der Waals surface area contributed by atoms with Gasteiger partial charge >= 0.3 is 7.60 Å². The number of nitrogen functional groups attached to an aromatic ring is 1. The Bertz CT molecular complexity index is 362. The molecule has 6 heteroatoms. The van der Waals surface area contributed by atoms with E-state index in [1.165, 1.54) is 0 Å². The van der Waals surface area contributed by atoms with Crippen LogP contribution in [-0.2, 0) is 19.8 Å². The highest BCUT2D eigenvalue weighted by Gasteiger charge is 2.23. The molecule has 16 heavy (non-hydrogen) atoms. The van der Waals surface area contributed by atoms with Crippen LogP contribution in [0.4, 0.5) is 5.82 Å². The van der Waals surface area contributed by atoms with Crippen LogP contribution < -0.4 is 5.73 Å². The average Bonchev–Trinajstić information content (AvgIpc) is 2.22. The smallest absolute Gasteiger partial charge is 0.335 e. The summed E-state index contributed by atoms with van der Waals surface area (Å²) < 4.78 is 22.5. The lowest BCUT2D eigenvalue weighted by Gasteiger charge is -2.16. The summed E-state index contributed by atoms with van der Waals surface area (Å²) in [5.41, 5.74) is 6.26. The van der Waals surface area contributed by atoms with Gasteiger partial charge in [0.1, 0.15) is 5.82 Å². The Morgan fingerprint density at radius 1 is 1.38 bits per heavy atom. The molecule has 0 fully saturated rings. The molecule has 1 rings (SSSR count). The summed E-state index contributed by atoms with van der Waals surface area (Å²) in [6, 6.07) is 3.44. The molecule has 0 saturated carbocycles. The third kappa shape index (κ3) is 3.93. The van der Waals surface area contributed by atoms with E-state index in [1.807, 2.05) is 0 Å². The molecule has 0 aromatic carbocycles. The first-order valence-corrected chi connectivity index (χ1v) is 6.91. The van der Waals surface area contributed by atoms with Crippen molar-refractivity contribution in [1.82, 2.24) is 4.98 Å². The van der Waals surface area contributed by atoms with Crippen LogP contribution in [0.1, 0.15) is 20.8 Å². The van der Waals surface area contributed by atoms with Crippen molar-refractivity contribution in [3.63, 3.8) is 0 Å². The van der Waals surface area contributed by atoms with Crippen molar-refractivity contribution in [3.8, 4) is 0 Å². The topological polar surface area (TPSA) is 74.4 Å². The molecule has 0 unspecified atom stereocenters. The number of hydrogen-bond acceptors (Lipinski definition) is 5. The maximum absolute atomic E-state index is 12.2. The van der Waals surface area contributed by atoms with Gasteiger partial charge in [-0.15, -0.1) is 0 Å². The van der Waals surface area contributed by atoms with Crippen LogP contribution in [-0.4, -0.2) is 18.2 Å². The second-order valence-corrected chi connectivity index (χ2v) is 5.25. The number of nitrogens with zero attached hydrogens (tertiary/aromatic N) is 1. The van der Waals surface area contributed by atoms with E-state index in [1.54, 1.807) is 32.2 Å². The molecule has 0 saturated heterocycles. The Morgan fingerprint density at radius 2 is 2.00 bits per heavy atom. The molecule has 0 radical (unpaired) electrons. The van der Waals surface area contributed by atoms with Crippen LogP contribution in [0.25, 0.3) is 0 Å². The fraction of sp³-hybridized carbons (Fsp3) is 0.500. The monoisotopic (exact) mass is 247 g/mol. The fourth-order valence-corrected chi connectivity index (χ4v) is 2.95. The summed E-state index contributed by atoms with van der Waals surface area (Å²) in [5.74, 6) is 0.436. The predicted octanol–water partition coefficient (Wildman–Crippen LogP) is 2.68. The fourth-order valence-electron chi connectivity index (χ4n) is 1.28. The quantitative estimate of drug-likeness (QED) is 0.782.